The van der Waals surface area contributed by atoms with Crippen molar-refractivity contribution in [1.82, 2.24) is 0 Å². The minimum atomic E-state index is -1.10. The van der Waals surface area contributed by atoms with Crippen molar-refractivity contribution in [3.63, 3.8) is 0 Å². The molecule has 0 spiro atoms. The Bertz CT molecular complexity index is 1410. The minimum absolute atomic E-state index is 0.00446. The average Bonchev–Trinajstić information content (AvgIpc) is 3.27. The number of nitrogens with two attached hydrogens (primary N) is 2. The fraction of sp³-hybridized carbons (Fsp3) is 0.174. The van der Waals surface area contributed by atoms with Gasteiger partial charge in [-0.25, -0.2) is 14.4 Å². The van der Waals surface area contributed by atoms with Crippen LogP contribution in [0.15, 0.2) is 39.2 Å². The van der Waals surface area contributed by atoms with Gasteiger partial charge in [0.05, 0.1) is 18.8 Å². The van der Waals surface area contributed by atoms with E-state index in [-0.39, 0.29) is 58.2 Å². The molecule has 0 atom stereocenters. The molecule has 4 rings (SSSR count). The largest absolute Gasteiger partial charge is 0.478 e. The third-order valence-electron chi connectivity index (χ3n) is 5.07. The maximum Gasteiger partial charge on any atom is 0.344 e. The number of ether oxygens (including phenoxy) is 2. The van der Waals surface area contributed by atoms with Crippen molar-refractivity contribution in [2.24, 2.45) is 0 Å². The van der Waals surface area contributed by atoms with Crippen LogP contribution in [0, 0.1) is 0 Å². The number of hydrogen-bond donors (Lipinski definition) is 3. The number of carboxylic acids is 1. The number of fused-ring (bicyclic) bond motifs is 2. The summed E-state index contributed by atoms with van der Waals surface area (Å²) >= 11 is 0. The highest BCUT2D eigenvalue weighted by Gasteiger charge is 2.30. The number of carbonyl (C=O) groups is 3. The second-order valence-corrected chi connectivity index (χ2v) is 7.01. The molecule has 10 nitrogen and oxygen atoms in total. The third-order valence-corrected chi connectivity index (χ3v) is 5.07. The standard InChI is InChI=1S/C23H20N2O8/c1-3-30-22(28)15-12-9-13-16(17(20(25)32-13)23(29)31-4-2)14(18(12)33-19(15)24)10-5-7-11(8-6-10)21(26)27/h5-9H,3-4,24-25H2,1-2H3,(H,26,27). The van der Waals surface area contributed by atoms with Gasteiger partial charge in [-0.3, -0.25) is 0 Å². The Morgan fingerprint density at radius 2 is 1.48 bits per heavy atom. The van der Waals surface area contributed by atoms with Gasteiger partial charge in [0.2, 0.25) is 11.8 Å². The van der Waals surface area contributed by atoms with Crippen molar-refractivity contribution in [3.05, 3.63) is 47.0 Å². The Morgan fingerprint density at radius 1 is 0.909 bits per heavy atom. The minimum Gasteiger partial charge on any atom is -0.478 e. The van der Waals surface area contributed by atoms with Gasteiger partial charge < -0.3 is 34.9 Å². The predicted octanol–water partition coefficient (Wildman–Crippen LogP) is 4.06. The van der Waals surface area contributed by atoms with Crippen molar-refractivity contribution in [2.45, 2.75) is 13.8 Å². The van der Waals surface area contributed by atoms with Crippen LogP contribution in [0.2, 0.25) is 0 Å². The van der Waals surface area contributed by atoms with Crippen molar-refractivity contribution < 1.29 is 37.8 Å². The maximum absolute atomic E-state index is 12.7. The van der Waals surface area contributed by atoms with Crippen LogP contribution in [0.3, 0.4) is 0 Å². The van der Waals surface area contributed by atoms with Gasteiger partial charge >= 0.3 is 17.9 Å². The number of nitrogen functional groups attached to an aromatic ring is 2. The van der Waals surface area contributed by atoms with Gasteiger partial charge in [-0.05, 0) is 37.6 Å². The Labute approximate surface area is 186 Å². The maximum atomic E-state index is 12.7. The highest BCUT2D eigenvalue weighted by Crippen LogP contribution is 2.45. The lowest BCUT2D eigenvalue weighted by Crippen LogP contribution is -2.07. The zero-order valence-electron chi connectivity index (χ0n) is 17.8. The van der Waals surface area contributed by atoms with Crippen LogP contribution in [0.1, 0.15) is 44.9 Å². The zero-order chi connectivity index (χ0) is 23.9. The van der Waals surface area contributed by atoms with Gasteiger partial charge in [-0.15, -0.1) is 0 Å². The molecule has 2 aromatic carbocycles. The summed E-state index contributed by atoms with van der Waals surface area (Å²) in [4.78, 5) is 36.6. The average molecular weight is 452 g/mol. The monoisotopic (exact) mass is 452 g/mol. The molecule has 2 heterocycles. The van der Waals surface area contributed by atoms with Crippen LogP contribution in [0.4, 0.5) is 11.8 Å². The smallest absolute Gasteiger partial charge is 0.344 e. The van der Waals surface area contributed by atoms with Crippen LogP contribution in [0.25, 0.3) is 33.1 Å². The SMILES string of the molecule is CCOC(=O)c1c(N)oc2c(-c3ccc(C(=O)O)cc3)c3c(C(=O)OCC)c(N)oc3cc12. The highest BCUT2D eigenvalue weighted by atomic mass is 16.5. The van der Waals surface area contributed by atoms with E-state index in [0.717, 1.165) is 0 Å². The molecule has 0 fully saturated rings. The summed E-state index contributed by atoms with van der Waals surface area (Å²) in [6.07, 6.45) is 0. The molecule has 0 saturated carbocycles. The summed E-state index contributed by atoms with van der Waals surface area (Å²) in [6.45, 7) is 3.54. The molecule has 2 aromatic heterocycles. The van der Waals surface area contributed by atoms with Crippen molar-refractivity contribution in [3.8, 4) is 11.1 Å². The molecule has 0 aliphatic rings. The third kappa shape index (κ3) is 3.51. The molecular weight excluding hydrogens is 432 g/mol. The first-order chi connectivity index (χ1) is 15.8. The summed E-state index contributed by atoms with van der Waals surface area (Å²) in [5, 5.41) is 9.82. The highest BCUT2D eigenvalue weighted by molar-refractivity contribution is 6.22. The molecule has 0 amide bonds. The Morgan fingerprint density at radius 3 is 2.06 bits per heavy atom. The van der Waals surface area contributed by atoms with Gasteiger partial charge in [0.1, 0.15) is 22.3 Å². The van der Waals surface area contributed by atoms with Crippen molar-refractivity contribution in [2.75, 3.05) is 24.7 Å². The molecule has 0 radical (unpaired) electrons. The van der Waals surface area contributed by atoms with Gasteiger partial charge in [-0.2, -0.15) is 0 Å². The summed E-state index contributed by atoms with van der Waals surface area (Å²) in [5.74, 6) is -2.85. The molecular formula is C23H20N2O8. The van der Waals surface area contributed by atoms with E-state index in [4.69, 9.17) is 29.8 Å². The molecule has 0 aliphatic carbocycles. The van der Waals surface area contributed by atoms with Gasteiger partial charge in [0.15, 0.2) is 0 Å². The van der Waals surface area contributed by atoms with Gasteiger partial charge in [0.25, 0.3) is 0 Å². The topological polar surface area (TPSA) is 168 Å². The van der Waals surface area contributed by atoms with Crippen molar-refractivity contribution >= 4 is 51.6 Å². The Balaban J connectivity index is 2.13. The molecule has 0 unspecified atom stereocenters. The molecule has 4 aromatic rings. The quantitative estimate of drug-likeness (QED) is 0.363. The molecule has 33 heavy (non-hydrogen) atoms. The summed E-state index contributed by atoms with van der Waals surface area (Å²) in [5.41, 5.74) is 13.3. The molecule has 10 heteroatoms. The molecule has 0 aliphatic heterocycles. The number of aromatic carboxylic acids is 1. The normalized spacial score (nSPS) is 11.1. The Hall–Kier alpha value is -4.47. The number of carbonyl (C=O) groups excluding carboxylic acids is 2. The van der Waals surface area contributed by atoms with Crippen LogP contribution >= 0.6 is 0 Å². The number of hydrogen-bond acceptors (Lipinski definition) is 9. The lowest BCUT2D eigenvalue weighted by molar-refractivity contribution is 0.0519. The Kier molecular flexibility index (Phi) is 5.42. The fourth-order valence-corrected chi connectivity index (χ4v) is 3.72. The number of carboxylic acid groups (broad SMARTS) is 1. The lowest BCUT2D eigenvalue weighted by Gasteiger charge is -2.08. The predicted molar refractivity (Wildman–Crippen MR) is 119 cm³/mol. The lowest BCUT2D eigenvalue weighted by atomic mass is 9.95. The van der Waals surface area contributed by atoms with E-state index in [2.05, 4.69) is 0 Å². The van der Waals surface area contributed by atoms with Crippen molar-refractivity contribution in [1.29, 1.82) is 0 Å². The molecule has 170 valence electrons. The van der Waals surface area contributed by atoms with E-state index >= 15 is 0 Å². The fourth-order valence-electron chi connectivity index (χ4n) is 3.72. The first-order valence-corrected chi connectivity index (χ1v) is 10.0. The molecule has 0 saturated heterocycles. The first-order valence-electron chi connectivity index (χ1n) is 10.0. The van der Waals surface area contributed by atoms with Crippen LogP contribution in [-0.4, -0.2) is 36.2 Å². The van der Waals surface area contributed by atoms with E-state index in [1.807, 2.05) is 0 Å². The van der Waals surface area contributed by atoms with Crippen LogP contribution < -0.4 is 11.5 Å². The van der Waals surface area contributed by atoms with Crippen LogP contribution in [0.5, 0.6) is 0 Å². The van der Waals surface area contributed by atoms with Crippen LogP contribution in [-0.2, 0) is 9.47 Å². The summed E-state index contributed by atoms with van der Waals surface area (Å²) in [6, 6.07) is 7.37. The number of rotatable bonds is 6. The van der Waals surface area contributed by atoms with E-state index < -0.39 is 17.9 Å². The number of anilines is 2. The number of benzene rings is 2. The van der Waals surface area contributed by atoms with E-state index in [1.165, 1.54) is 18.2 Å². The second-order valence-electron chi connectivity index (χ2n) is 7.01. The van der Waals surface area contributed by atoms with E-state index in [1.54, 1.807) is 26.0 Å². The number of furan rings is 2. The zero-order valence-corrected chi connectivity index (χ0v) is 17.8. The second kappa shape index (κ2) is 8.23. The summed E-state index contributed by atoms with van der Waals surface area (Å²) < 4.78 is 21.7. The van der Waals surface area contributed by atoms with E-state index in [9.17, 15) is 19.5 Å². The summed E-state index contributed by atoms with van der Waals surface area (Å²) in [7, 11) is 0. The van der Waals surface area contributed by atoms with E-state index in [0.29, 0.717) is 16.5 Å². The number of esters is 2. The molecule has 5 N–H and O–H groups in total. The van der Waals surface area contributed by atoms with Gasteiger partial charge in [0, 0.05) is 16.3 Å². The van der Waals surface area contributed by atoms with Gasteiger partial charge in [-0.1, -0.05) is 12.1 Å². The molecule has 0 bridgehead atoms. The first kappa shape index (κ1) is 21.8.